The quantitative estimate of drug-likeness (QED) is 0.912. The third kappa shape index (κ3) is 3.87. The van der Waals surface area contributed by atoms with Crippen LogP contribution in [0.5, 0.6) is 0 Å². The molecule has 3 rings (SSSR count). The van der Waals surface area contributed by atoms with Crippen LogP contribution in [0.1, 0.15) is 50.5 Å². The monoisotopic (exact) mass is 286 g/mol. The van der Waals surface area contributed by atoms with Gasteiger partial charge in [-0.25, -0.2) is 0 Å². The molecule has 2 aliphatic rings. The normalized spacial score (nSPS) is 34.8. The molecule has 2 fully saturated rings. The van der Waals surface area contributed by atoms with Crippen LogP contribution in [0.15, 0.2) is 30.3 Å². The molecule has 1 aliphatic carbocycles. The minimum absolute atomic E-state index is 0.736. The predicted molar refractivity (Wildman–Crippen MR) is 89.6 cm³/mol. The molecule has 0 spiro atoms. The molecule has 2 heteroatoms. The summed E-state index contributed by atoms with van der Waals surface area (Å²) in [6, 6.07) is 12.6. The van der Waals surface area contributed by atoms with E-state index in [-0.39, 0.29) is 0 Å². The van der Waals surface area contributed by atoms with Gasteiger partial charge in [0.05, 0.1) is 0 Å². The zero-order valence-corrected chi connectivity index (χ0v) is 13.6. The zero-order chi connectivity index (χ0) is 14.7. The van der Waals surface area contributed by atoms with Crippen molar-refractivity contribution in [3.8, 4) is 0 Å². The number of piperidine rings is 1. The van der Waals surface area contributed by atoms with Gasteiger partial charge in [-0.3, -0.25) is 0 Å². The smallest absolute Gasteiger partial charge is 0.0120 e. The van der Waals surface area contributed by atoms with Crippen molar-refractivity contribution in [1.82, 2.24) is 10.2 Å². The summed E-state index contributed by atoms with van der Waals surface area (Å²) < 4.78 is 0. The molecule has 21 heavy (non-hydrogen) atoms. The highest BCUT2D eigenvalue weighted by Gasteiger charge is 2.28. The van der Waals surface area contributed by atoms with Gasteiger partial charge in [0.1, 0.15) is 0 Å². The van der Waals surface area contributed by atoms with Gasteiger partial charge in [0.15, 0.2) is 0 Å². The van der Waals surface area contributed by atoms with E-state index in [0.29, 0.717) is 0 Å². The summed E-state index contributed by atoms with van der Waals surface area (Å²) in [5.74, 6) is 1.58. The molecular weight excluding hydrogens is 256 g/mol. The minimum Gasteiger partial charge on any atom is -0.311 e. The molecule has 0 aromatic heterocycles. The van der Waals surface area contributed by atoms with Crippen LogP contribution in [0, 0.1) is 5.92 Å². The maximum absolute atomic E-state index is 3.97. The van der Waals surface area contributed by atoms with E-state index in [1.54, 1.807) is 5.56 Å². The molecule has 2 unspecified atom stereocenters. The number of rotatable bonds is 3. The molecule has 1 aromatic rings. The van der Waals surface area contributed by atoms with E-state index >= 15 is 0 Å². The minimum atomic E-state index is 0.736. The summed E-state index contributed by atoms with van der Waals surface area (Å²) in [6.45, 7) is 4.90. The maximum atomic E-state index is 3.97. The van der Waals surface area contributed by atoms with Crippen LogP contribution in [-0.4, -0.2) is 37.1 Å². The third-order valence-corrected chi connectivity index (χ3v) is 5.56. The maximum Gasteiger partial charge on any atom is 0.0120 e. The SMILES string of the molecule is CC1CN(C)CCC1NC1CCC(c2ccccc2)CC1. The fraction of sp³-hybridized carbons (Fsp3) is 0.684. The summed E-state index contributed by atoms with van der Waals surface area (Å²) in [4.78, 5) is 2.47. The van der Waals surface area contributed by atoms with Gasteiger partial charge < -0.3 is 10.2 Å². The molecule has 1 saturated carbocycles. The van der Waals surface area contributed by atoms with Gasteiger partial charge in [-0.05, 0) is 63.1 Å². The molecule has 1 aliphatic heterocycles. The lowest BCUT2D eigenvalue weighted by Crippen LogP contribution is -2.50. The highest BCUT2D eigenvalue weighted by molar-refractivity contribution is 5.20. The summed E-state index contributed by atoms with van der Waals surface area (Å²) in [5, 5.41) is 3.97. The lowest BCUT2D eigenvalue weighted by Gasteiger charge is -2.39. The van der Waals surface area contributed by atoms with Crippen molar-refractivity contribution in [1.29, 1.82) is 0 Å². The zero-order valence-electron chi connectivity index (χ0n) is 13.6. The van der Waals surface area contributed by atoms with E-state index in [4.69, 9.17) is 0 Å². The number of hydrogen-bond donors (Lipinski definition) is 1. The second kappa shape index (κ2) is 6.93. The fourth-order valence-corrected chi connectivity index (χ4v) is 4.22. The molecule has 2 atom stereocenters. The van der Waals surface area contributed by atoms with E-state index in [1.807, 2.05) is 0 Å². The molecule has 0 bridgehead atoms. The van der Waals surface area contributed by atoms with Gasteiger partial charge >= 0.3 is 0 Å². The van der Waals surface area contributed by atoms with Crippen LogP contribution < -0.4 is 5.32 Å². The Morgan fingerprint density at radius 3 is 2.38 bits per heavy atom. The van der Waals surface area contributed by atoms with E-state index < -0.39 is 0 Å². The number of hydrogen-bond acceptors (Lipinski definition) is 2. The first-order valence-corrected chi connectivity index (χ1v) is 8.72. The van der Waals surface area contributed by atoms with Gasteiger partial charge in [-0.1, -0.05) is 37.3 Å². The highest BCUT2D eigenvalue weighted by atomic mass is 15.1. The van der Waals surface area contributed by atoms with Gasteiger partial charge in [0, 0.05) is 18.6 Å². The lowest BCUT2D eigenvalue weighted by molar-refractivity contribution is 0.157. The summed E-state index contributed by atoms with van der Waals surface area (Å²) >= 11 is 0. The first-order valence-electron chi connectivity index (χ1n) is 8.72. The topological polar surface area (TPSA) is 15.3 Å². The largest absolute Gasteiger partial charge is 0.311 e. The molecule has 116 valence electrons. The molecule has 0 amide bonds. The van der Waals surface area contributed by atoms with Gasteiger partial charge in [0.25, 0.3) is 0 Å². The summed E-state index contributed by atoms with van der Waals surface area (Å²) in [5.41, 5.74) is 1.55. The lowest BCUT2D eigenvalue weighted by atomic mass is 9.81. The van der Waals surface area contributed by atoms with Crippen molar-refractivity contribution >= 4 is 0 Å². The Kier molecular flexibility index (Phi) is 4.97. The van der Waals surface area contributed by atoms with E-state index in [9.17, 15) is 0 Å². The Morgan fingerprint density at radius 2 is 1.71 bits per heavy atom. The second-order valence-corrected chi connectivity index (χ2v) is 7.26. The second-order valence-electron chi connectivity index (χ2n) is 7.26. The Labute approximate surface area is 129 Å². The number of nitrogens with zero attached hydrogens (tertiary/aromatic N) is 1. The Bertz CT molecular complexity index is 422. The third-order valence-electron chi connectivity index (χ3n) is 5.56. The average Bonchev–Trinajstić information content (AvgIpc) is 2.52. The van der Waals surface area contributed by atoms with Crippen molar-refractivity contribution in [2.24, 2.45) is 5.92 Å². The van der Waals surface area contributed by atoms with Crippen LogP contribution in [0.2, 0.25) is 0 Å². The Morgan fingerprint density at radius 1 is 1.00 bits per heavy atom. The predicted octanol–water partition coefficient (Wildman–Crippen LogP) is 3.64. The van der Waals surface area contributed by atoms with Gasteiger partial charge in [0.2, 0.25) is 0 Å². The first kappa shape index (κ1) is 15.1. The van der Waals surface area contributed by atoms with Crippen molar-refractivity contribution in [3.63, 3.8) is 0 Å². The van der Waals surface area contributed by atoms with E-state index in [1.165, 1.54) is 45.2 Å². The van der Waals surface area contributed by atoms with Crippen LogP contribution in [-0.2, 0) is 0 Å². The van der Waals surface area contributed by atoms with Crippen LogP contribution in [0.3, 0.4) is 0 Å². The van der Waals surface area contributed by atoms with Gasteiger partial charge in [-0.2, -0.15) is 0 Å². The molecule has 1 aromatic carbocycles. The molecule has 1 saturated heterocycles. The Hall–Kier alpha value is -0.860. The van der Waals surface area contributed by atoms with Crippen molar-refractivity contribution in [3.05, 3.63) is 35.9 Å². The first-order chi connectivity index (χ1) is 10.2. The number of benzene rings is 1. The van der Waals surface area contributed by atoms with Crippen molar-refractivity contribution in [2.75, 3.05) is 20.1 Å². The molecule has 0 radical (unpaired) electrons. The molecule has 1 heterocycles. The average molecular weight is 286 g/mol. The van der Waals surface area contributed by atoms with Crippen LogP contribution in [0.4, 0.5) is 0 Å². The molecule has 2 nitrogen and oxygen atoms in total. The summed E-state index contributed by atoms with van der Waals surface area (Å²) in [6.07, 6.45) is 6.71. The number of likely N-dealkylation sites (tertiary alicyclic amines) is 1. The van der Waals surface area contributed by atoms with Crippen molar-refractivity contribution in [2.45, 2.75) is 57.0 Å². The highest BCUT2D eigenvalue weighted by Crippen LogP contribution is 2.33. The van der Waals surface area contributed by atoms with Crippen LogP contribution in [0.25, 0.3) is 0 Å². The fourth-order valence-electron chi connectivity index (χ4n) is 4.22. The van der Waals surface area contributed by atoms with Crippen molar-refractivity contribution < 1.29 is 0 Å². The van der Waals surface area contributed by atoms with Gasteiger partial charge in [-0.15, -0.1) is 0 Å². The number of nitrogens with one attached hydrogen (secondary N) is 1. The van der Waals surface area contributed by atoms with Crippen LogP contribution >= 0.6 is 0 Å². The molecule has 1 N–H and O–H groups in total. The Balaban J connectivity index is 1.48. The van der Waals surface area contributed by atoms with E-state index in [0.717, 1.165) is 23.9 Å². The molecular formula is C19H30N2. The summed E-state index contributed by atoms with van der Waals surface area (Å²) in [7, 11) is 2.25. The van der Waals surface area contributed by atoms with E-state index in [2.05, 4.69) is 54.5 Å². The standard InChI is InChI=1S/C19H30N2/c1-15-14-21(2)13-12-19(15)20-18-10-8-17(9-11-18)16-6-4-3-5-7-16/h3-7,15,17-20H,8-14H2,1-2H3.